The summed E-state index contributed by atoms with van der Waals surface area (Å²) in [5.41, 5.74) is 2.04. The molecule has 0 unspecified atom stereocenters. The Hall–Kier alpha value is -2.57. The number of hydrogen-bond donors (Lipinski definition) is 1. The third-order valence-corrected chi connectivity index (χ3v) is 7.06. The van der Waals surface area contributed by atoms with E-state index in [9.17, 15) is 13.2 Å². The van der Waals surface area contributed by atoms with Gasteiger partial charge in [0.1, 0.15) is 0 Å². The number of carbonyl (C=O) groups excluding carboxylic acids is 1. The van der Waals surface area contributed by atoms with Crippen molar-refractivity contribution in [1.82, 2.24) is 5.32 Å². The van der Waals surface area contributed by atoms with E-state index in [0.717, 1.165) is 5.56 Å². The van der Waals surface area contributed by atoms with Gasteiger partial charge in [0.25, 0.3) is 5.91 Å². The molecule has 3 aromatic rings. The fourth-order valence-corrected chi connectivity index (χ4v) is 4.75. The Morgan fingerprint density at radius 2 is 1.66 bits per heavy atom. The van der Waals surface area contributed by atoms with Crippen LogP contribution in [-0.4, -0.2) is 20.6 Å². The monoisotopic (exact) mass is 425 g/mol. The molecule has 0 heterocycles. The van der Waals surface area contributed by atoms with Gasteiger partial charge in [0, 0.05) is 10.5 Å². The third kappa shape index (κ3) is 5.49. The molecule has 0 aliphatic rings. The van der Waals surface area contributed by atoms with Gasteiger partial charge in [-0.2, -0.15) is 0 Å². The highest BCUT2D eigenvalue weighted by Gasteiger charge is 2.17. The number of sulfone groups is 1. The molecule has 0 aromatic heterocycles. The minimum Gasteiger partial charge on any atom is -0.346 e. The normalized spacial score (nSPS) is 12.3. The molecule has 0 fully saturated rings. The van der Waals surface area contributed by atoms with E-state index < -0.39 is 9.84 Å². The van der Waals surface area contributed by atoms with Crippen LogP contribution in [0.2, 0.25) is 0 Å². The SMILES string of the molecule is CSc1ccc([C@H](C)NC(=O)c2cccc(CS(=O)(=O)c3ccccc3)c2)cc1. The molecule has 4 nitrogen and oxygen atoms in total. The van der Waals surface area contributed by atoms with E-state index in [2.05, 4.69) is 5.32 Å². The molecule has 150 valence electrons. The Kier molecular flexibility index (Phi) is 6.77. The molecule has 0 aliphatic carbocycles. The lowest BCUT2D eigenvalue weighted by Crippen LogP contribution is -2.26. The number of rotatable bonds is 7. The quantitative estimate of drug-likeness (QED) is 0.549. The highest BCUT2D eigenvalue weighted by molar-refractivity contribution is 7.98. The van der Waals surface area contributed by atoms with Gasteiger partial charge in [0.2, 0.25) is 0 Å². The van der Waals surface area contributed by atoms with Crippen molar-refractivity contribution in [1.29, 1.82) is 0 Å². The predicted octanol–water partition coefficient (Wildman–Crippen LogP) is 4.87. The van der Waals surface area contributed by atoms with Crippen LogP contribution in [0, 0.1) is 0 Å². The van der Waals surface area contributed by atoms with Crippen molar-refractivity contribution in [3.8, 4) is 0 Å². The number of benzene rings is 3. The van der Waals surface area contributed by atoms with Crippen molar-refractivity contribution in [2.24, 2.45) is 0 Å². The van der Waals surface area contributed by atoms with E-state index in [-0.39, 0.29) is 22.6 Å². The standard InChI is InChI=1S/C23H23NO3S2/c1-17(19-11-13-21(28-2)14-12-19)24-23(25)20-8-6-7-18(15-20)16-29(26,27)22-9-4-3-5-10-22/h3-15,17H,16H2,1-2H3,(H,24,25)/t17-/m0/s1. The Labute approximate surface area is 176 Å². The van der Waals surface area contributed by atoms with E-state index in [1.54, 1.807) is 66.4 Å². The molecule has 0 radical (unpaired) electrons. The summed E-state index contributed by atoms with van der Waals surface area (Å²) < 4.78 is 25.2. The lowest BCUT2D eigenvalue weighted by molar-refractivity contribution is 0.0939. The molecule has 3 aromatic carbocycles. The van der Waals surface area contributed by atoms with Gasteiger partial charge >= 0.3 is 0 Å². The van der Waals surface area contributed by atoms with Gasteiger partial charge in [-0.15, -0.1) is 11.8 Å². The molecule has 1 N–H and O–H groups in total. The molecule has 0 bridgehead atoms. The minimum atomic E-state index is -3.46. The zero-order chi connectivity index (χ0) is 20.9. The summed E-state index contributed by atoms with van der Waals surface area (Å²) in [4.78, 5) is 14.1. The first kappa shape index (κ1) is 21.1. The second-order valence-corrected chi connectivity index (χ2v) is 9.61. The van der Waals surface area contributed by atoms with Gasteiger partial charge in [-0.25, -0.2) is 8.42 Å². The molecule has 29 heavy (non-hydrogen) atoms. The van der Waals surface area contributed by atoms with E-state index in [0.29, 0.717) is 11.1 Å². The molecule has 3 rings (SSSR count). The maximum absolute atomic E-state index is 12.7. The summed E-state index contributed by atoms with van der Waals surface area (Å²) in [5.74, 6) is -0.380. The summed E-state index contributed by atoms with van der Waals surface area (Å²) in [5, 5.41) is 2.98. The van der Waals surface area contributed by atoms with Crippen molar-refractivity contribution < 1.29 is 13.2 Å². The molecule has 0 spiro atoms. The predicted molar refractivity (Wildman–Crippen MR) is 118 cm³/mol. The minimum absolute atomic E-state index is 0.149. The Bertz CT molecular complexity index is 1080. The molecule has 6 heteroatoms. The van der Waals surface area contributed by atoms with Crippen LogP contribution in [0.4, 0.5) is 0 Å². The summed E-state index contributed by atoms with van der Waals surface area (Å²) >= 11 is 1.67. The number of nitrogens with one attached hydrogen (secondary N) is 1. The van der Waals surface area contributed by atoms with E-state index in [1.165, 1.54) is 4.90 Å². The maximum atomic E-state index is 12.7. The van der Waals surface area contributed by atoms with Gasteiger partial charge in [-0.05, 0) is 60.7 Å². The number of amides is 1. The average Bonchev–Trinajstić information content (AvgIpc) is 2.74. The smallest absolute Gasteiger partial charge is 0.251 e. The van der Waals surface area contributed by atoms with Crippen LogP contribution in [0.1, 0.15) is 34.5 Å². The van der Waals surface area contributed by atoms with Crippen LogP contribution >= 0.6 is 11.8 Å². The van der Waals surface area contributed by atoms with Crippen molar-refractivity contribution >= 4 is 27.5 Å². The highest BCUT2D eigenvalue weighted by Crippen LogP contribution is 2.20. The molecular formula is C23H23NO3S2. The molecular weight excluding hydrogens is 402 g/mol. The third-order valence-electron chi connectivity index (χ3n) is 4.61. The van der Waals surface area contributed by atoms with Crippen molar-refractivity contribution in [3.05, 3.63) is 95.6 Å². The van der Waals surface area contributed by atoms with Crippen molar-refractivity contribution in [2.75, 3.05) is 6.26 Å². The number of thioether (sulfide) groups is 1. The van der Waals surface area contributed by atoms with Crippen molar-refractivity contribution in [3.63, 3.8) is 0 Å². The average molecular weight is 426 g/mol. The van der Waals surface area contributed by atoms with Gasteiger partial charge in [-0.3, -0.25) is 4.79 Å². The summed E-state index contributed by atoms with van der Waals surface area (Å²) in [7, 11) is -3.46. The Morgan fingerprint density at radius 1 is 0.966 bits per heavy atom. The Morgan fingerprint density at radius 3 is 2.31 bits per heavy atom. The largest absolute Gasteiger partial charge is 0.346 e. The molecule has 0 saturated carbocycles. The summed E-state index contributed by atoms with van der Waals surface area (Å²) in [6.45, 7) is 1.93. The van der Waals surface area contributed by atoms with Crippen LogP contribution in [0.5, 0.6) is 0 Å². The van der Waals surface area contributed by atoms with Gasteiger partial charge < -0.3 is 5.32 Å². The van der Waals surface area contributed by atoms with E-state index in [4.69, 9.17) is 0 Å². The lowest BCUT2D eigenvalue weighted by atomic mass is 10.1. The first-order valence-electron chi connectivity index (χ1n) is 9.20. The van der Waals surface area contributed by atoms with Crippen LogP contribution in [0.25, 0.3) is 0 Å². The van der Waals surface area contributed by atoms with Gasteiger partial charge in [0.05, 0.1) is 16.7 Å². The van der Waals surface area contributed by atoms with Crippen LogP contribution in [0.15, 0.2) is 88.7 Å². The molecule has 1 atom stereocenters. The van der Waals surface area contributed by atoms with E-state index >= 15 is 0 Å². The summed E-state index contributed by atoms with van der Waals surface area (Å²) in [6, 6.07) is 23.0. The Balaban J connectivity index is 1.72. The van der Waals surface area contributed by atoms with Crippen molar-refractivity contribution in [2.45, 2.75) is 28.5 Å². The lowest BCUT2D eigenvalue weighted by Gasteiger charge is -2.15. The number of hydrogen-bond acceptors (Lipinski definition) is 4. The fourth-order valence-electron chi connectivity index (χ4n) is 2.99. The molecule has 0 saturated heterocycles. The van der Waals surface area contributed by atoms with Gasteiger partial charge in [0.15, 0.2) is 9.84 Å². The highest BCUT2D eigenvalue weighted by atomic mass is 32.2. The summed E-state index contributed by atoms with van der Waals surface area (Å²) in [6.07, 6.45) is 2.02. The maximum Gasteiger partial charge on any atom is 0.251 e. The van der Waals surface area contributed by atoms with Crippen LogP contribution < -0.4 is 5.32 Å². The zero-order valence-corrected chi connectivity index (χ0v) is 18.0. The molecule has 0 aliphatic heterocycles. The topological polar surface area (TPSA) is 63.2 Å². The van der Waals surface area contributed by atoms with E-state index in [1.807, 2.05) is 37.4 Å². The zero-order valence-electron chi connectivity index (χ0n) is 16.3. The van der Waals surface area contributed by atoms with Crippen LogP contribution in [0.3, 0.4) is 0 Å². The second kappa shape index (κ2) is 9.29. The fraction of sp³-hybridized carbons (Fsp3) is 0.174. The first-order chi connectivity index (χ1) is 13.9. The van der Waals surface area contributed by atoms with Gasteiger partial charge in [-0.1, -0.05) is 42.5 Å². The number of carbonyl (C=O) groups is 1. The molecule has 1 amide bonds. The first-order valence-corrected chi connectivity index (χ1v) is 12.1. The second-order valence-electron chi connectivity index (χ2n) is 6.74. The van der Waals surface area contributed by atoms with Crippen LogP contribution in [-0.2, 0) is 15.6 Å².